The summed E-state index contributed by atoms with van der Waals surface area (Å²) in [5.41, 5.74) is 6.58. The van der Waals surface area contributed by atoms with Crippen molar-refractivity contribution in [2.45, 2.75) is 50.6 Å². The molecule has 3 saturated heterocycles. The minimum Gasteiger partial charge on any atom is -0.329 e. The van der Waals surface area contributed by atoms with E-state index in [0.717, 1.165) is 18.5 Å². The molecule has 4 aliphatic rings. The summed E-state index contributed by atoms with van der Waals surface area (Å²) >= 11 is 0. The standard InChI is InChI=1S/C14H27N3/c1-2-7-17(13-3-4-13)14(10-15)11-16-8-5-12(14)6-9-16/h12-13H,2-11,15H2,1H3. The van der Waals surface area contributed by atoms with E-state index in [9.17, 15) is 0 Å². The molecule has 0 aromatic heterocycles. The number of rotatable bonds is 5. The van der Waals surface area contributed by atoms with Crippen LogP contribution in [0, 0.1) is 5.92 Å². The predicted octanol–water partition coefficient (Wildman–Crippen LogP) is 1.28. The van der Waals surface area contributed by atoms with Gasteiger partial charge in [0.05, 0.1) is 0 Å². The maximum atomic E-state index is 6.25. The highest BCUT2D eigenvalue weighted by Gasteiger charge is 2.52. The molecule has 3 heteroatoms. The van der Waals surface area contributed by atoms with Crippen LogP contribution in [0.4, 0.5) is 0 Å². The van der Waals surface area contributed by atoms with Gasteiger partial charge in [-0.3, -0.25) is 4.90 Å². The van der Waals surface area contributed by atoms with Crippen LogP contribution in [-0.4, -0.2) is 54.1 Å². The lowest BCUT2D eigenvalue weighted by molar-refractivity contribution is -0.0713. The van der Waals surface area contributed by atoms with E-state index in [4.69, 9.17) is 5.73 Å². The average Bonchev–Trinajstić information content (AvgIpc) is 3.21. The number of piperidine rings is 3. The van der Waals surface area contributed by atoms with Gasteiger partial charge in [0.1, 0.15) is 0 Å². The van der Waals surface area contributed by atoms with Gasteiger partial charge < -0.3 is 10.6 Å². The minimum atomic E-state index is 0.327. The number of nitrogens with zero attached hydrogens (tertiary/aromatic N) is 2. The second-order valence-electron chi connectivity index (χ2n) is 6.28. The zero-order chi connectivity index (χ0) is 11.9. The van der Waals surface area contributed by atoms with Crippen molar-refractivity contribution in [3.8, 4) is 0 Å². The molecular weight excluding hydrogens is 210 g/mol. The quantitative estimate of drug-likeness (QED) is 0.782. The van der Waals surface area contributed by atoms with Gasteiger partial charge in [0.2, 0.25) is 0 Å². The molecule has 3 aliphatic heterocycles. The summed E-state index contributed by atoms with van der Waals surface area (Å²) in [6.07, 6.45) is 6.85. The molecule has 2 N–H and O–H groups in total. The first-order chi connectivity index (χ1) is 8.30. The topological polar surface area (TPSA) is 32.5 Å². The van der Waals surface area contributed by atoms with Crippen molar-refractivity contribution in [1.29, 1.82) is 0 Å². The Hall–Kier alpha value is -0.120. The van der Waals surface area contributed by atoms with Gasteiger partial charge in [-0.2, -0.15) is 0 Å². The van der Waals surface area contributed by atoms with Crippen molar-refractivity contribution in [3.63, 3.8) is 0 Å². The van der Waals surface area contributed by atoms with Gasteiger partial charge in [0.25, 0.3) is 0 Å². The number of fused-ring (bicyclic) bond motifs is 3. The summed E-state index contributed by atoms with van der Waals surface area (Å²) in [6, 6.07) is 0.860. The Morgan fingerprint density at radius 2 is 1.94 bits per heavy atom. The van der Waals surface area contributed by atoms with Crippen LogP contribution >= 0.6 is 0 Å². The first-order valence-electron chi connectivity index (χ1n) is 7.49. The van der Waals surface area contributed by atoms with Gasteiger partial charge in [-0.1, -0.05) is 6.92 Å². The SMILES string of the molecule is CCCN(C1CC1)C1(CN)CN2CCC1CC2. The van der Waals surface area contributed by atoms with Gasteiger partial charge in [-0.25, -0.2) is 0 Å². The van der Waals surface area contributed by atoms with Crippen molar-refractivity contribution in [1.82, 2.24) is 9.80 Å². The first kappa shape index (κ1) is 11.9. The summed E-state index contributed by atoms with van der Waals surface area (Å²) in [4.78, 5) is 5.46. The molecule has 3 nitrogen and oxygen atoms in total. The molecule has 0 amide bonds. The molecule has 4 fully saturated rings. The molecule has 3 heterocycles. The zero-order valence-corrected chi connectivity index (χ0v) is 11.2. The molecule has 2 bridgehead atoms. The van der Waals surface area contributed by atoms with Gasteiger partial charge in [0.15, 0.2) is 0 Å². The van der Waals surface area contributed by atoms with Crippen molar-refractivity contribution in [2.24, 2.45) is 11.7 Å². The Balaban J connectivity index is 1.84. The minimum absolute atomic E-state index is 0.327. The van der Waals surface area contributed by atoms with Crippen LogP contribution in [0.1, 0.15) is 39.0 Å². The molecule has 0 aromatic carbocycles. The first-order valence-corrected chi connectivity index (χ1v) is 7.49. The van der Waals surface area contributed by atoms with Crippen molar-refractivity contribution in [3.05, 3.63) is 0 Å². The highest BCUT2D eigenvalue weighted by Crippen LogP contribution is 2.44. The van der Waals surface area contributed by atoms with E-state index in [1.54, 1.807) is 0 Å². The fourth-order valence-electron chi connectivity index (χ4n) is 4.21. The largest absolute Gasteiger partial charge is 0.329 e. The zero-order valence-electron chi connectivity index (χ0n) is 11.2. The third kappa shape index (κ3) is 1.92. The van der Waals surface area contributed by atoms with Crippen LogP contribution in [-0.2, 0) is 0 Å². The van der Waals surface area contributed by atoms with Gasteiger partial charge in [-0.05, 0) is 57.7 Å². The fraction of sp³-hybridized carbons (Fsp3) is 1.00. The second-order valence-corrected chi connectivity index (χ2v) is 6.28. The molecule has 1 saturated carbocycles. The lowest BCUT2D eigenvalue weighted by atomic mass is 9.71. The van der Waals surface area contributed by atoms with Crippen molar-refractivity contribution >= 4 is 0 Å². The lowest BCUT2D eigenvalue weighted by Crippen LogP contribution is -2.70. The smallest absolute Gasteiger partial charge is 0.0490 e. The van der Waals surface area contributed by atoms with Crippen molar-refractivity contribution < 1.29 is 0 Å². The Kier molecular flexibility index (Phi) is 3.18. The van der Waals surface area contributed by atoms with Crippen LogP contribution in [0.15, 0.2) is 0 Å². The van der Waals surface area contributed by atoms with Gasteiger partial charge in [-0.15, -0.1) is 0 Å². The number of hydrogen-bond acceptors (Lipinski definition) is 3. The van der Waals surface area contributed by atoms with Crippen LogP contribution in [0.25, 0.3) is 0 Å². The van der Waals surface area contributed by atoms with Crippen molar-refractivity contribution in [2.75, 3.05) is 32.7 Å². The van der Waals surface area contributed by atoms with E-state index in [-0.39, 0.29) is 0 Å². The summed E-state index contributed by atoms with van der Waals surface area (Å²) in [5, 5.41) is 0. The Bertz CT molecular complexity index is 269. The molecule has 98 valence electrons. The Morgan fingerprint density at radius 3 is 2.35 bits per heavy atom. The second kappa shape index (κ2) is 4.52. The van der Waals surface area contributed by atoms with E-state index < -0.39 is 0 Å². The monoisotopic (exact) mass is 237 g/mol. The van der Waals surface area contributed by atoms with E-state index in [1.165, 1.54) is 58.3 Å². The van der Waals surface area contributed by atoms with Gasteiger partial charge in [0, 0.05) is 24.7 Å². The Morgan fingerprint density at radius 1 is 1.24 bits per heavy atom. The van der Waals surface area contributed by atoms with E-state index >= 15 is 0 Å². The molecule has 4 rings (SSSR count). The molecule has 1 aliphatic carbocycles. The molecule has 0 spiro atoms. The third-order valence-corrected chi connectivity index (χ3v) is 5.22. The Labute approximate surface area is 105 Å². The van der Waals surface area contributed by atoms with E-state index in [0.29, 0.717) is 5.54 Å². The predicted molar refractivity (Wildman–Crippen MR) is 71.0 cm³/mol. The summed E-state index contributed by atoms with van der Waals surface area (Å²) in [6.45, 7) is 8.30. The molecule has 17 heavy (non-hydrogen) atoms. The molecule has 1 atom stereocenters. The maximum absolute atomic E-state index is 6.25. The molecule has 0 aromatic rings. The van der Waals surface area contributed by atoms with Crippen LogP contribution in [0.5, 0.6) is 0 Å². The average molecular weight is 237 g/mol. The van der Waals surface area contributed by atoms with E-state index in [2.05, 4.69) is 16.7 Å². The van der Waals surface area contributed by atoms with Crippen LogP contribution in [0.3, 0.4) is 0 Å². The third-order valence-electron chi connectivity index (χ3n) is 5.22. The summed E-state index contributed by atoms with van der Waals surface area (Å²) < 4.78 is 0. The highest BCUT2D eigenvalue weighted by atomic mass is 15.3. The fourth-order valence-corrected chi connectivity index (χ4v) is 4.21. The number of hydrogen-bond donors (Lipinski definition) is 1. The molecule has 1 unspecified atom stereocenters. The normalized spacial score (nSPS) is 41.1. The lowest BCUT2D eigenvalue weighted by Gasteiger charge is -2.58. The van der Waals surface area contributed by atoms with Gasteiger partial charge >= 0.3 is 0 Å². The maximum Gasteiger partial charge on any atom is 0.0490 e. The molecular formula is C14H27N3. The highest BCUT2D eigenvalue weighted by molar-refractivity contribution is 5.09. The van der Waals surface area contributed by atoms with Crippen LogP contribution < -0.4 is 5.73 Å². The summed E-state index contributed by atoms with van der Waals surface area (Å²) in [7, 11) is 0. The van der Waals surface area contributed by atoms with Crippen LogP contribution in [0.2, 0.25) is 0 Å². The summed E-state index contributed by atoms with van der Waals surface area (Å²) in [5.74, 6) is 0.865. The van der Waals surface area contributed by atoms with E-state index in [1.807, 2.05) is 0 Å². The molecule has 0 radical (unpaired) electrons. The number of nitrogens with two attached hydrogens (primary N) is 1.